The van der Waals surface area contributed by atoms with Crippen LogP contribution in [0.25, 0.3) is 0 Å². The van der Waals surface area contributed by atoms with Gasteiger partial charge in [0, 0.05) is 31.9 Å². The van der Waals surface area contributed by atoms with Crippen LogP contribution in [0.1, 0.15) is 19.3 Å². The summed E-state index contributed by atoms with van der Waals surface area (Å²) in [6.45, 7) is 2.73. The van der Waals surface area contributed by atoms with Crippen molar-refractivity contribution in [3.8, 4) is 0 Å². The van der Waals surface area contributed by atoms with E-state index in [0.717, 1.165) is 56.7 Å². The molecule has 5 heteroatoms. The third kappa shape index (κ3) is 2.30. The number of nitrogens with two attached hydrogens (primary N) is 1. The van der Waals surface area contributed by atoms with Crippen LogP contribution in [-0.2, 0) is 4.79 Å². The summed E-state index contributed by atoms with van der Waals surface area (Å²) in [7, 11) is 0. The molecule has 2 fully saturated rings. The molecule has 2 aliphatic heterocycles. The maximum absolute atomic E-state index is 11.1. The van der Waals surface area contributed by atoms with Gasteiger partial charge in [0.1, 0.15) is 6.29 Å². The third-order valence-electron chi connectivity index (χ3n) is 4.26. The normalized spacial score (nSPS) is 27.9. The fourth-order valence-corrected chi connectivity index (χ4v) is 3.30. The van der Waals surface area contributed by atoms with Gasteiger partial charge in [-0.3, -0.25) is 4.90 Å². The van der Waals surface area contributed by atoms with Crippen LogP contribution in [0, 0.1) is 0 Å². The van der Waals surface area contributed by atoms with Crippen molar-refractivity contribution in [2.45, 2.75) is 31.3 Å². The molecule has 0 saturated carbocycles. The number of piperidine rings is 1. The zero-order chi connectivity index (χ0) is 13.2. The third-order valence-corrected chi connectivity index (χ3v) is 4.26. The number of carbonyl (C=O) groups is 1. The molecule has 1 aromatic rings. The lowest BCUT2D eigenvalue weighted by Gasteiger charge is -2.47. The monoisotopic (exact) mass is 260 g/mol. The van der Waals surface area contributed by atoms with Gasteiger partial charge in [-0.2, -0.15) is 0 Å². The number of fused-ring (bicyclic) bond motifs is 1. The second-order valence-electron chi connectivity index (χ2n) is 5.39. The molecule has 0 radical (unpaired) electrons. The lowest BCUT2D eigenvalue weighted by atomic mass is 9.94. The number of rotatable bonds is 2. The molecule has 3 rings (SSSR count). The van der Waals surface area contributed by atoms with Crippen LogP contribution in [-0.4, -0.2) is 47.9 Å². The first kappa shape index (κ1) is 12.4. The number of pyridine rings is 1. The van der Waals surface area contributed by atoms with Gasteiger partial charge in [-0.25, -0.2) is 4.98 Å². The zero-order valence-electron chi connectivity index (χ0n) is 11.0. The van der Waals surface area contributed by atoms with Crippen LogP contribution in [0.4, 0.5) is 11.5 Å². The Hall–Kier alpha value is -1.62. The summed E-state index contributed by atoms with van der Waals surface area (Å²) in [6.07, 6.45) is 6.19. The van der Waals surface area contributed by atoms with E-state index in [-0.39, 0.29) is 6.04 Å². The molecule has 3 heterocycles. The molecule has 2 N–H and O–H groups in total. The van der Waals surface area contributed by atoms with Crippen molar-refractivity contribution in [3.05, 3.63) is 18.3 Å². The standard InChI is InChI=1S/C14H20N4O/c15-13-5-2-6-16-14(13)17-7-8-18-11(9-17)3-1-4-12(18)10-19/h2,5-6,10-12H,1,3-4,7-9,15H2/t11-,12+/m0/s1. The molecule has 0 unspecified atom stereocenters. The van der Waals surface area contributed by atoms with E-state index < -0.39 is 0 Å². The summed E-state index contributed by atoms with van der Waals surface area (Å²) in [5.74, 6) is 0.885. The van der Waals surface area contributed by atoms with Gasteiger partial charge >= 0.3 is 0 Å². The summed E-state index contributed by atoms with van der Waals surface area (Å²) < 4.78 is 0. The Kier molecular flexibility index (Phi) is 3.38. The number of nitrogens with zero attached hydrogens (tertiary/aromatic N) is 3. The van der Waals surface area contributed by atoms with E-state index in [4.69, 9.17) is 5.73 Å². The van der Waals surface area contributed by atoms with Crippen LogP contribution < -0.4 is 10.6 Å². The van der Waals surface area contributed by atoms with Gasteiger partial charge < -0.3 is 15.4 Å². The maximum atomic E-state index is 11.1. The van der Waals surface area contributed by atoms with Gasteiger partial charge in [0.2, 0.25) is 0 Å². The highest BCUT2D eigenvalue weighted by Crippen LogP contribution is 2.29. The number of anilines is 2. The summed E-state index contributed by atoms with van der Waals surface area (Å²) in [4.78, 5) is 20.1. The van der Waals surface area contributed by atoms with Gasteiger partial charge in [0.15, 0.2) is 5.82 Å². The largest absolute Gasteiger partial charge is 0.396 e. The highest BCUT2D eigenvalue weighted by atomic mass is 16.1. The minimum Gasteiger partial charge on any atom is -0.396 e. The molecule has 5 nitrogen and oxygen atoms in total. The summed E-state index contributed by atoms with van der Waals surface area (Å²) in [5.41, 5.74) is 6.73. The smallest absolute Gasteiger partial charge is 0.151 e. The molecule has 102 valence electrons. The minimum atomic E-state index is 0.113. The van der Waals surface area contributed by atoms with Crippen LogP contribution in [0.15, 0.2) is 18.3 Å². The van der Waals surface area contributed by atoms with E-state index in [0.29, 0.717) is 6.04 Å². The predicted octanol–water partition coefficient (Wildman–Crippen LogP) is 0.906. The van der Waals surface area contributed by atoms with Crippen molar-refractivity contribution in [1.29, 1.82) is 0 Å². The summed E-state index contributed by atoms with van der Waals surface area (Å²) in [5, 5.41) is 0. The van der Waals surface area contributed by atoms with E-state index in [2.05, 4.69) is 14.8 Å². The minimum absolute atomic E-state index is 0.113. The highest BCUT2D eigenvalue weighted by molar-refractivity contribution is 5.63. The molecule has 1 aromatic heterocycles. The Morgan fingerprint density at radius 3 is 3.05 bits per heavy atom. The van der Waals surface area contributed by atoms with E-state index in [1.807, 2.05) is 12.1 Å². The Balaban J connectivity index is 1.76. The number of nitrogen functional groups attached to an aromatic ring is 1. The van der Waals surface area contributed by atoms with Gasteiger partial charge in [-0.05, 0) is 31.4 Å². The Morgan fingerprint density at radius 2 is 2.26 bits per heavy atom. The number of carbonyl (C=O) groups excluding carboxylic acids is 1. The molecule has 19 heavy (non-hydrogen) atoms. The molecule has 0 aliphatic carbocycles. The first-order valence-corrected chi connectivity index (χ1v) is 6.96. The lowest BCUT2D eigenvalue weighted by Crippen LogP contribution is -2.59. The van der Waals surface area contributed by atoms with Crippen LogP contribution in [0.5, 0.6) is 0 Å². The predicted molar refractivity (Wildman–Crippen MR) is 75.1 cm³/mol. The zero-order valence-corrected chi connectivity index (χ0v) is 11.0. The van der Waals surface area contributed by atoms with Crippen LogP contribution >= 0.6 is 0 Å². The van der Waals surface area contributed by atoms with Crippen molar-refractivity contribution in [2.75, 3.05) is 30.3 Å². The first-order chi connectivity index (χ1) is 9.29. The number of hydrogen-bond acceptors (Lipinski definition) is 5. The Bertz CT molecular complexity index is 465. The molecule has 2 atom stereocenters. The number of piperazine rings is 1. The molecule has 0 bridgehead atoms. The second-order valence-corrected chi connectivity index (χ2v) is 5.39. The topological polar surface area (TPSA) is 62.5 Å². The van der Waals surface area contributed by atoms with Gasteiger partial charge in [-0.15, -0.1) is 0 Å². The Morgan fingerprint density at radius 1 is 1.37 bits per heavy atom. The molecule has 0 spiro atoms. The second kappa shape index (κ2) is 5.17. The highest BCUT2D eigenvalue weighted by Gasteiger charge is 2.35. The number of aldehydes is 1. The van der Waals surface area contributed by atoms with E-state index in [9.17, 15) is 4.79 Å². The number of hydrogen-bond donors (Lipinski definition) is 1. The van der Waals surface area contributed by atoms with Gasteiger partial charge in [0.05, 0.1) is 11.7 Å². The quantitative estimate of drug-likeness (QED) is 0.801. The van der Waals surface area contributed by atoms with Crippen molar-refractivity contribution >= 4 is 17.8 Å². The fourth-order valence-electron chi connectivity index (χ4n) is 3.30. The average Bonchev–Trinajstić information content (AvgIpc) is 2.46. The summed E-state index contributed by atoms with van der Waals surface area (Å²) >= 11 is 0. The van der Waals surface area contributed by atoms with Crippen LogP contribution in [0.2, 0.25) is 0 Å². The van der Waals surface area contributed by atoms with Crippen molar-refractivity contribution in [1.82, 2.24) is 9.88 Å². The van der Waals surface area contributed by atoms with Crippen molar-refractivity contribution in [2.24, 2.45) is 0 Å². The molecular weight excluding hydrogens is 240 g/mol. The number of aromatic nitrogens is 1. The van der Waals surface area contributed by atoms with E-state index in [1.165, 1.54) is 0 Å². The van der Waals surface area contributed by atoms with Crippen molar-refractivity contribution < 1.29 is 4.79 Å². The van der Waals surface area contributed by atoms with E-state index >= 15 is 0 Å². The van der Waals surface area contributed by atoms with E-state index in [1.54, 1.807) is 6.20 Å². The average molecular weight is 260 g/mol. The van der Waals surface area contributed by atoms with Gasteiger partial charge in [-0.1, -0.05) is 0 Å². The molecule has 0 aromatic carbocycles. The fraction of sp³-hybridized carbons (Fsp3) is 0.571. The SMILES string of the molecule is Nc1cccnc1N1CCN2[C@@H](CCC[C@@H]2C=O)C1. The molecule has 2 aliphatic rings. The Labute approximate surface area is 113 Å². The lowest BCUT2D eigenvalue weighted by molar-refractivity contribution is -0.115. The molecule has 0 amide bonds. The molecular formula is C14H20N4O. The van der Waals surface area contributed by atoms with Crippen molar-refractivity contribution in [3.63, 3.8) is 0 Å². The first-order valence-electron chi connectivity index (χ1n) is 6.96. The van der Waals surface area contributed by atoms with Gasteiger partial charge in [0.25, 0.3) is 0 Å². The molecule has 2 saturated heterocycles. The summed E-state index contributed by atoms with van der Waals surface area (Å²) in [6, 6.07) is 4.32. The van der Waals surface area contributed by atoms with Crippen LogP contribution in [0.3, 0.4) is 0 Å². The maximum Gasteiger partial charge on any atom is 0.151 e.